The number of carbonyl (C=O) groups excluding carboxylic acids is 1. The summed E-state index contributed by atoms with van der Waals surface area (Å²) >= 11 is 0. The molecule has 2 N–H and O–H groups in total. The van der Waals surface area contributed by atoms with Gasteiger partial charge in [0.2, 0.25) is 5.91 Å². The van der Waals surface area contributed by atoms with Crippen LogP contribution in [-0.2, 0) is 10.5 Å². The standard InChI is InChI=1S/C29H40FN3O2/c1-21(7-6-8-22(2)19-27(34)32-25-12-10-24(30)11-13-25)9-14-26-23(3)29(35,16-15-28(26,4)5)33-18-17-31-20-33/h6-9,14,17-20,24-25,35H,10-13,15-16H2,1-5H3,(H,32,34)/b8-6+,14-9+,21-7+,22-19+. The third-order valence-electron chi connectivity index (χ3n) is 7.36. The largest absolute Gasteiger partial charge is 0.367 e. The van der Waals surface area contributed by atoms with Crippen LogP contribution in [0.1, 0.15) is 73.1 Å². The zero-order valence-corrected chi connectivity index (χ0v) is 21.7. The van der Waals surface area contributed by atoms with Crippen LogP contribution >= 0.6 is 0 Å². The molecular formula is C29H40FN3O2. The van der Waals surface area contributed by atoms with Crippen LogP contribution < -0.4 is 5.32 Å². The highest BCUT2D eigenvalue weighted by Crippen LogP contribution is 2.47. The van der Waals surface area contributed by atoms with E-state index in [2.05, 4.69) is 36.3 Å². The molecule has 2 aliphatic rings. The van der Waals surface area contributed by atoms with E-state index in [4.69, 9.17) is 0 Å². The molecule has 1 saturated carbocycles. The molecule has 0 radical (unpaired) electrons. The van der Waals surface area contributed by atoms with Crippen molar-refractivity contribution >= 4 is 5.91 Å². The highest BCUT2D eigenvalue weighted by atomic mass is 19.1. The van der Waals surface area contributed by atoms with Gasteiger partial charge in [-0.25, -0.2) is 9.37 Å². The molecule has 0 bridgehead atoms. The molecule has 0 aromatic carbocycles. The zero-order valence-electron chi connectivity index (χ0n) is 21.7. The van der Waals surface area contributed by atoms with Crippen molar-refractivity contribution in [2.75, 3.05) is 0 Å². The van der Waals surface area contributed by atoms with Crippen LogP contribution in [0.25, 0.3) is 0 Å². The Kier molecular flexibility index (Phi) is 8.70. The molecule has 1 amide bonds. The Hall–Kier alpha value is -2.73. The van der Waals surface area contributed by atoms with Crippen LogP contribution in [0.3, 0.4) is 0 Å². The lowest BCUT2D eigenvalue weighted by Gasteiger charge is -2.43. The van der Waals surface area contributed by atoms with Crippen molar-refractivity contribution < 1.29 is 14.3 Å². The van der Waals surface area contributed by atoms with E-state index in [9.17, 15) is 14.3 Å². The summed E-state index contributed by atoms with van der Waals surface area (Å²) in [5, 5.41) is 14.4. The van der Waals surface area contributed by atoms with Crippen LogP contribution in [0, 0.1) is 5.41 Å². The van der Waals surface area contributed by atoms with Crippen molar-refractivity contribution in [2.24, 2.45) is 5.41 Å². The Morgan fingerprint density at radius 2 is 1.89 bits per heavy atom. The molecule has 1 aromatic rings. The predicted octanol–water partition coefficient (Wildman–Crippen LogP) is 6.07. The average Bonchev–Trinajstić information content (AvgIpc) is 3.34. The van der Waals surface area contributed by atoms with E-state index in [1.165, 1.54) is 0 Å². The summed E-state index contributed by atoms with van der Waals surface area (Å²) in [7, 11) is 0. The van der Waals surface area contributed by atoms with Gasteiger partial charge in [0.15, 0.2) is 5.72 Å². The summed E-state index contributed by atoms with van der Waals surface area (Å²) in [6, 6.07) is 0.0723. The SMILES string of the molecule is CC1=C(/C=C/C(C)=C/C=C/C(C)=C/C(=O)NC2CCC(F)CC2)C(C)(C)CCC1(O)n1ccnc1. The van der Waals surface area contributed by atoms with E-state index in [1.807, 2.05) is 45.2 Å². The number of alkyl halides is 1. The molecular weight excluding hydrogens is 441 g/mol. The van der Waals surface area contributed by atoms with Gasteiger partial charge in [-0.3, -0.25) is 4.79 Å². The van der Waals surface area contributed by atoms with E-state index < -0.39 is 11.9 Å². The number of nitrogens with zero attached hydrogens (tertiary/aromatic N) is 2. The Morgan fingerprint density at radius 1 is 1.17 bits per heavy atom. The highest BCUT2D eigenvalue weighted by Gasteiger charge is 2.41. The van der Waals surface area contributed by atoms with Crippen LogP contribution in [0.4, 0.5) is 4.39 Å². The molecule has 1 heterocycles. The van der Waals surface area contributed by atoms with Gasteiger partial charge >= 0.3 is 0 Å². The van der Waals surface area contributed by atoms with Gasteiger partial charge in [-0.05, 0) is 75.0 Å². The Bertz CT molecular complexity index is 1040. The molecule has 5 nitrogen and oxygen atoms in total. The molecule has 0 spiro atoms. The van der Waals surface area contributed by atoms with Crippen molar-refractivity contribution in [3.63, 3.8) is 0 Å². The molecule has 6 heteroatoms. The van der Waals surface area contributed by atoms with Crippen LogP contribution in [0.5, 0.6) is 0 Å². The van der Waals surface area contributed by atoms with Gasteiger partial charge < -0.3 is 15.0 Å². The minimum absolute atomic E-state index is 0.0420. The molecule has 1 fully saturated rings. The number of carbonyl (C=O) groups is 1. The van der Waals surface area contributed by atoms with Crippen LogP contribution in [0.15, 0.2) is 77.5 Å². The molecule has 2 aliphatic carbocycles. The first-order chi connectivity index (χ1) is 16.5. The first kappa shape index (κ1) is 26.9. The smallest absolute Gasteiger partial charge is 0.244 e. The van der Waals surface area contributed by atoms with Crippen molar-refractivity contribution in [2.45, 2.75) is 91.1 Å². The van der Waals surface area contributed by atoms with Crippen molar-refractivity contribution in [1.29, 1.82) is 0 Å². The van der Waals surface area contributed by atoms with E-state index in [0.717, 1.165) is 28.7 Å². The van der Waals surface area contributed by atoms with Crippen LogP contribution in [-0.4, -0.2) is 32.8 Å². The lowest BCUT2D eigenvalue weighted by Crippen LogP contribution is -2.41. The average molecular weight is 482 g/mol. The van der Waals surface area contributed by atoms with Gasteiger partial charge in [0.25, 0.3) is 0 Å². The topological polar surface area (TPSA) is 67.2 Å². The number of aromatic nitrogens is 2. The molecule has 35 heavy (non-hydrogen) atoms. The minimum atomic E-state index is -1.06. The third-order valence-corrected chi connectivity index (χ3v) is 7.36. The number of allylic oxidation sites excluding steroid dienone is 8. The monoisotopic (exact) mass is 481 g/mol. The number of hydrogen-bond donors (Lipinski definition) is 2. The number of aliphatic hydroxyl groups is 1. The number of imidazole rings is 1. The highest BCUT2D eigenvalue weighted by molar-refractivity contribution is 5.88. The maximum atomic E-state index is 13.3. The molecule has 1 unspecified atom stereocenters. The first-order valence-electron chi connectivity index (χ1n) is 12.6. The Labute approximate surface area is 209 Å². The molecule has 3 rings (SSSR count). The number of rotatable bonds is 7. The maximum Gasteiger partial charge on any atom is 0.244 e. The summed E-state index contributed by atoms with van der Waals surface area (Å²) in [6.45, 7) is 10.4. The zero-order chi connectivity index (χ0) is 25.6. The van der Waals surface area contributed by atoms with E-state index in [-0.39, 0.29) is 17.4 Å². The number of nitrogens with one attached hydrogen (secondary N) is 1. The summed E-state index contributed by atoms with van der Waals surface area (Å²) in [5.41, 5.74) is 2.89. The van der Waals surface area contributed by atoms with E-state index >= 15 is 0 Å². The van der Waals surface area contributed by atoms with Gasteiger partial charge in [-0.2, -0.15) is 0 Å². The quantitative estimate of drug-likeness (QED) is 0.367. The summed E-state index contributed by atoms with van der Waals surface area (Å²) in [4.78, 5) is 16.3. The lowest BCUT2D eigenvalue weighted by atomic mass is 9.69. The second-order valence-electron chi connectivity index (χ2n) is 10.7. The number of amides is 1. The van der Waals surface area contributed by atoms with Gasteiger partial charge in [-0.1, -0.05) is 49.8 Å². The van der Waals surface area contributed by atoms with Crippen molar-refractivity contribution in [3.8, 4) is 0 Å². The van der Waals surface area contributed by atoms with Crippen molar-refractivity contribution in [1.82, 2.24) is 14.9 Å². The molecule has 1 aromatic heterocycles. The van der Waals surface area contributed by atoms with Gasteiger partial charge in [0.1, 0.15) is 6.17 Å². The molecule has 0 saturated heterocycles. The fourth-order valence-electron chi connectivity index (χ4n) is 5.00. The first-order valence-corrected chi connectivity index (χ1v) is 12.6. The second-order valence-corrected chi connectivity index (χ2v) is 10.7. The van der Waals surface area contributed by atoms with Crippen molar-refractivity contribution in [3.05, 3.63) is 77.5 Å². The predicted molar refractivity (Wildman–Crippen MR) is 139 cm³/mol. The normalized spacial score (nSPS) is 28.2. The van der Waals surface area contributed by atoms with Gasteiger partial charge in [0, 0.05) is 30.9 Å². The van der Waals surface area contributed by atoms with E-state index in [0.29, 0.717) is 32.1 Å². The summed E-state index contributed by atoms with van der Waals surface area (Å²) in [6.07, 6.45) is 20.0. The fraction of sp³-hybridized carbons (Fsp3) is 0.517. The number of hydrogen-bond acceptors (Lipinski definition) is 3. The van der Waals surface area contributed by atoms with E-state index in [1.54, 1.807) is 23.2 Å². The summed E-state index contributed by atoms with van der Waals surface area (Å²) < 4.78 is 15.0. The lowest BCUT2D eigenvalue weighted by molar-refractivity contribution is -0.117. The molecule has 0 aliphatic heterocycles. The molecule has 1 atom stereocenters. The fourth-order valence-corrected chi connectivity index (χ4v) is 5.00. The maximum absolute atomic E-state index is 13.3. The summed E-state index contributed by atoms with van der Waals surface area (Å²) in [5.74, 6) is -0.123. The van der Waals surface area contributed by atoms with Crippen LogP contribution in [0.2, 0.25) is 0 Å². The minimum Gasteiger partial charge on any atom is -0.367 e. The van der Waals surface area contributed by atoms with Gasteiger partial charge in [-0.15, -0.1) is 0 Å². The Morgan fingerprint density at radius 3 is 2.54 bits per heavy atom. The Balaban J connectivity index is 1.65. The molecule has 190 valence electrons. The second kappa shape index (κ2) is 11.3. The number of halogens is 1. The van der Waals surface area contributed by atoms with Gasteiger partial charge in [0.05, 0.1) is 6.33 Å². The third kappa shape index (κ3) is 6.91.